The van der Waals surface area contributed by atoms with Gasteiger partial charge in [0.1, 0.15) is 12.6 Å². The molecule has 1 amide bonds. The quantitative estimate of drug-likeness (QED) is 0.340. The van der Waals surface area contributed by atoms with E-state index in [0.29, 0.717) is 12.1 Å². The van der Waals surface area contributed by atoms with Gasteiger partial charge >= 0.3 is 5.97 Å². The summed E-state index contributed by atoms with van der Waals surface area (Å²) < 4.78 is 7.53. The Kier molecular flexibility index (Phi) is 5.80. The monoisotopic (exact) mass is 535 g/mol. The number of carbonyl (C=O) groups excluding carboxylic acids is 2. The number of hydrogen-bond donors (Lipinski definition) is 0. The summed E-state index contributed by atoms with van der Waals surface area (Å²) in [5.41, 5.74) is 2.76. The second-order valence-electron chi connectivity index (χ2n) is 8.40. The average molecular weight is 535 g/mol. The lowest BCUT2D eigenvalue weighted by Gasteiger charge is -2.39. The highest BCUT2D eigenvalue weighted by molar-refractivity contribution is 14.2. The molecule has 8 heteroatoms. The Bertz CT molecular complexity index is 1110. The highest BCUT2D eigenvalue weighted by Crippen LogP contribution is 2.37. The van der Waals surface area contributed by atoms with Gasteiger partial charge in [0.15, 0.2) is 5.65 Å². The Balaban J connectivity index is 1.67. The minimum Gasteiger partial charge on any atom is -0.459 e. The molecule has 1 aliphatic heterocycles. The fourth-order valence-corrected chi connectivity index (χ4v) is 5.16. The lowest BCUT2D eigenvalue weighted by molar-refractivity contribution is -0.154. The number of rotatable bonds is 5. The van der Waals surface area contributed by atoms with Crippen LogP contribution in [0.15, 0.2) is 48.8 Å². The molecule has 3 aromatic rings. The van der Waals surface area contributed by atoms with Crippen LogP contribution in [0.3, 0.4) is 0 Å². The Hall–Kier alpha value is -2.07. The zero-order valence-corrected chi connectivity index (χ0v) is 19.9. The molecule has 2 aromatic heterocycles. The van der Waals surface area contributed by atoms with Gasteiger partial charge in [-0.05, 0) is 22.6 Å². The number of aromatic nitrogens is 2. The molecule has 6 nitrogen and oxygen atoms in total. The maximum atomic E-state index is 13.5. The molecule has 3 heterocycles. The van der Waals surface area contributed by atoms with Crippen molar-refractivity contribution in [1.29, 1.82) is 0 Å². The molecule has 1 unspecified atom stereocenters. The lowest BCUT2D eigenvalue weighted by Crippen LogP contribution is -2.53. The molecule has 4 rings (SSSR count). The van der Waals surface area contributed by atoms with Crippen LogP contribution in [0.1, 0.15) is 42.3 Å². The first kappa shape index (κ1) is 21.2. The summed E-state index contributed by atoms with van der Waals surface area (Å²) in [6.07, 6.45) is 3.56. The number of benzene rings is 1. The summed E-state index contributed by atoms with van der Waals surface area (Å²) in [5.74, 6) is -0.558. The molecule has 156 valence electrons. The van der Waals surface area contributed by atoms with E-state index in [2.05, 4.69) is 26.2 Å². The normalized spacial score (nSPS) is 14.8. The summed E-state index contributed by atoms with van der Waals surface area (Å²) in [6.45, 7) is 6.40. The van der Waals surface area contributed by atoms with Crippen LogP contribution in [0, 0.1) is 5.41 Å². The Labute approximate surface area is 191 Å². The number of nitrogens with zero attached hydrogens (tertiary/aromatic N) is 3. The standard InChI is InChI=1S/C22H22IN3O3S/c1-22(2,3)18(21(28)29-13-14-7-5-4-6-8-14)25-11-15-9-10-24-19-17(15)16(20(25)27)12-26(19)30-23/h4-10,12,18H,11,13H2,1-3H3. The van der Waals surface area contributed by atoms with E-state index >= 15 is 0 Å². The number of hydrogen-bond acceptors (Lipinski definition) is 5. The molecule has 0 radical (unpaired) electrons. The van der Waals surface area contributed by atoms with Gasteiger partial charge in [0.25, 0.3) is 5.91 Å². The third kappa shape index (κ3) is 3.82. The first-order valence-corrected chi connectivity index (χ1v) is 12.9. The van der Waals surface area contributed by atoms with Crippen LogP contribution in [0.25, 0.3) is 11.0 Å². The molecule has 30 heavy (non-hydrogen) atoms. The van der Waals surface area contributed by atoms with Gasteiger partial charge in [-0.3, -0.25) is 8.77 Å². The van der Waals surface area contributed by atoms with Crippen LogP contribution in [0.5, 0.6) is 0 Å². The molecular formula is C22H22IN3O3S. The SMILES string of the molecule is CC(C)(C)C(C(=O)OCc1ccccc1)N1Cc2ccnc3c2c(cn3SI)C1=O. The van der Waals surface area contributed by atoms with Crippen LogP contribution in [0.2, 0.25) is 0 Å². The van der Waals surface area contributed by atoms with Crippen LogP contribution in [-0.4, -0.2) is 31.8 Å². The largest absolute Gasteiger partial charge is 0.459 e. The van der Waals surface area contributed by atoms with Crippen molar-refractivity contribution in [2.45, 2.75) is 40.0 Å². The summed E-state index contributed by atoms with van der Waals surface area (Å²) in [4.78, 5) is 32.7. The Morgan fingerprint density at radius 3 is 2.67 bits per heavy atom. The number of amides is 1. The van der Waals surface area contributed by atoms with Crippen LogP contribution in [-0.2, 0) is 22.7 Å². The van der Waals surface area contributed by atoms with Gasteiger partial charge in [0.2, 0.25) is 0 Å². The number of halogens is 1. The van der Waals surface area contributed by atoms with Gasteiger partial charge in [-0.15, -0.1) is 0 Å². The van der Waals surface area contributed by atoms with Crippen LogP contribution >= 0.6 is 30.3 Å². The van der Waals surface area contributed by atoms with Crippen molar-refractivity contribution >= 4 is 53.2 Å². The molecular weight excluding hydrogens is 513 g/mol. The molecule has 0 spiro atoms. The lowest BCUT2D eigenvalue weighted by atomic mass is 9.84. The topological polar surface area (TPSA) is 64.4 Å². The zero-order chi connectivity index (χ0) is 21.5. The van der Waals surface area contributed by atoms with E-state index in [1.807, 2.05) is 67.3 Å². The van der Waals surface area contributed by atoms with Crippen LogP contribution in [0.4, 0.5) is 0 Å². The molecule has 0 fully saturated rings. The maximum absolute atomic E-state index is 13.5. The molecule has 1 atom stereocenters. The smallest absolute Gasteiger partial charge is 0.329 e. The van der Waals surface area contributed by atoms with Crippen molar-refractivity contribution in [2.75, 3.05) is 0 Å². The third-order valence-corrected chi connectivity index (χ3v) is 6.93. The molecule has 0 saturated carbocycles. The summed E-state index contributed by atoms with van der Waals surface area (Å²) in [5, 5.41) is 0.869. The van der Waals surface area contributed by atoms with E-state index in [1.54, 1.807) is 11.1 Å². The second kappa shape index (κ2) is 8.22. The van der Waals surface area contributed by atoms with Gasteiger partial charge in [0, 0.05) is 54.6 Å². The summed E-state index contributed by atoms with van der Waals surface area (Å²) >= 11 is 2.17. The molecule has 0 saturated heterocycles. The number of pyridine rings is 1. The Morgan fingerprint density at radius 2 is 2.00 bits per heavy atom. The highest BCUT2D eigenvalue weighted by atomic mass is 127. The van der Waals surface area contributed by atoms with Crippen molar-refractivity contribution in [3.8, 4) is 0 Å². The van der Waals surface area contributed by atoms with Crippen molar-refractivity contribution in [3.05, 3.63) is 65.5 Å². The second-order valence-corrected chi connectivity index (χ2v) is 10.1. The zero-order valence-electron chi connectivity index (χ0n) is 17.0. The summed E-state index contributed by atoms with van der Waals surface area (Å²) in [7, 11) is 1.46. The van der Waals surface area contributed by atoms with Crippen molar-refractivity contribution < 1.29 is 14.3 Å². The maximum Gasteiger partial charge on any atom is 0.329 e. The van der Waals surface area contributed by atoms with E-state index in [9.17, 15) is 9.59 Å². The molecule has 0 N–H and O–H groups in total. The fraction of sp³-hybridized carbons (Fsp3) is 0.318. The first-order valence-electron chi connectivity index (χ1n) is 9.61. The predicted molar refractivity (Wildman–Crippen MR) is 126 cm³/mol. The fourth-order valence-electron chi connectivity index (χ4n) is 3.91. The minimum atomic E-state index is -0.708. The number of esters is 1. The van der Waals surface area contributed by atoms with E-state index in [4.69, 9.17) is 4.74 Å². The van der Waals surface area contributed by atoms with Gasteiger partial charge < -0.3 is 9.64 Å². The predicted octanol–water partition coefficient (Wildman–Crippen LogP) is 5.00. The van der Waals surface area contributed by atoms with Gasteiger partial charge in [0.05, 0.1) is 5.56 Å². The Morgan fingerprint density at radius 1 is 1.27 bits per heavy atom. The first-order chi connectivity index (χ1) is 14.3. The van der Waals surface area contributed by atoms with E-state index in [0.717, 1.165) is 22.2 Å². The third-order valence-electron chi connectivity index (χ3n) is 5.23. The minimum absolute atomic E-state index is 0.165. The van der Waals surface area contributed by atoms with E-state index in [1.165, 1.54) is 9.12 Å². The van der Waals surface area contributed by atoms with Gasteiger partial charge in [-0.2, -0.15) is 0 Å². The van der Waals surface area contributed by atoms with Crippen molar-refractivity contribution in [3.63, 3.8) is 0 Å². The molecule has 0 aliphatic carbocycles. The van der Waals surface area contributed by atoms with Crippen molar-refractivity contribution in [2.24, 2.45) is 5.41 Å². The highest BCUT2D eigenvalue weighted by Gasteiger charge is 2.43. The summed E-state index contributed by atoms with van der Waals surface area (Å²) in [6, 6.07) is 10.8. The van der Waals surface area contributed by atoms with Gasteiger partial charge in [-0.1, -0.05) is 51.1 Å². The molecule has 1 aromatic carbocycles. The molecule has 0 bridgehead atoms. The van der Waals surface area contributed by atoms with Crippen LogP contribution < -0.4 is 0 Å². The molecule has 1 aliphatic rings. The number of carbonyl (C=O) groups is 2. The number of ether oxygens (including phenoxy) is 1. The van der Waals surface area contributed by atoms with Gasteiger partial charge in [-0.25, -0.2) is 9.78 Å². The average Bonchev–Trinajstić information content (AvgIpc) is 3.10. The van der Waals surface area contributed by atoms with E-state index < -0.39 is 17.4 Å². The van der Waals surface area contributed by atoms with E-state index in [-0.39, 0.29) is 12.5 Å². The van der Waals surface area contributed by atoms with Crippen molar-refractivity contribution in [1.82, 2.24) is 13.9 Å².